The molecule has 0 heterocycles. The van der Waals surface area contributed by atoms with Crippen molar-refractivity contribution in [2.75, 3.05) is 11.9 Å². The molecule has 0 spiro atoms. The molecule has 8 heteroatoms. The predicted molar refractivity (Wildman–Crippen MR) is 99.2 cm³/mol. The number of carboxylic acids is 1. The second-order valence-corrected chi connectivity index (χ2v) is 7.43. The summed E-state index contributed by atoms with van der Waals surface area (Å²) in [6.45, 7) is 1.37. The summed E-state index contributed by atoms with van der Waals surface area (Å²) in [7, 11) is 0. The summed E-state index contributed by atoms with van der Waals surface area (Å²) in [5.41, 5.74) is 0.864. The molecular weight excluding hydrogens is 510 g/mol. The Morgan fingerprint density at radius 2 is 1.79 bits per heavy atom. The van der Waals surface area contributed by atoms with Gasteiger partial charge >= 0.3 is 0 Å². The summed E-state index contributed by atoms with van der Waals surface area (Å²) in [6.07, 6.45) is 0. The minimum absolute atomic E-state index is 0.0344. The lowest BCUT2D eigenvalue weighted by molar-refractivity contribution is -0.255. The van der Waals surface area contributed by atoms with Crippen LogP contribution >= 0.6 is 47.8 Å². The fourth-order valence-electron chi connectivity index (χ4n) is 1.98. The van der Waals surface area contributed by atoms with Gasteiger partial charge in [-0.1, -0.05) is 28.1 Å². The van der Waals surface area contributed by atoms with Gasteiger partial charge in [0, 0.05) is 15.7 Å². The van der Waals surface area contributed by atoms with Crippen molar-refractivity contribution in [1.29, 1.82) is 0 Å². The lowest BCUT2D eigenvalue weighted by Gasteiger charge is -2.14. The van der Waals surface area contributed by atoms with Crippen LogP contribution in [0, 0.1) is 6.92 Å². The first-order chi connectivity index (χ1) is 11.3. The van der Waals surface area contributed by atoms with Crippen molar-refractivity contribution in [2.24, 2.45) is 0 Å². The Balaban J connectivity index is 2.08. The number of carbonyl (C=O) groups is 2. The number of hydrogen-bond acceptors (Lipinski definition) is 4. The van der Waals surface area contributed by atoms with Gasteiger partial charge in [-0.25, -0.2) is 0 Å². The highest BCUT2D eigenvalue weighted by molar-refractivity contribution is 9.11. The van der Waals surface area contributed by atoms with E-state index < -0.39 is 11.9 Å². The zero-order chi connectivity index (χ0) is 17.9. The molecule has 0 fully saturated rings. The Kier molecular flexibility index (Phi) is 6.42. The molecule has 0 atom stereocenters. The van der Waals surface area contributed by atoms with E-state index in [2.05, 4.69) is 53.1 Å². The molecule has 24 heavy (non-hydrogen) atoms. The number of aromatic carboxylic acids is 1. The Morgan fingerprint density at radius 1 is 1.17 bits per heavy atom. The van der Waals surface area contributed by atoms with Crippen molar-refractivity contribution in [3.05, 3.63) is 54.9 Å². The molecule has 0 saturated heterocycles. The Hall–Kier alpha value is -1.38. The van der Waals surface area contributed by atoms with Gasteiger partial charge in [-0.3, -0.25) is 4.79 Å². The van der Waals surface area contributed by atoms with Crippen molar-refractivity contribution in [1.82, 2.24) is 0 Å². The van der Waals surface area contributed by atoms with Crippen LogP contribution in [0.4, 0.5) is 5.69 Å². The molecular formula is C16H11Br3NO4-. The first kappa shape index (κ1) is 19.0. The van der Waals surface area contributed by atoms with Crippen molar-refractivity contribution in [3.63, 3.8) is 0 Å². The average Bonchev–Trinajstić information content (AvgIpc) is 2.48. The van der Waals surface area contributed by atoms with Gasteiger partial charge in [0.05, 0.1) is 14.9 Å². The standard InChI is InChI=1S/C16H12Br3NO4/c1-8-10(16(22)23)3-2-4-13(8)20-14(21)7-24-15-11(18)5-9(17)6-12(15)19/h2-6H,7H2,1H3,(H,20,21)(H,22,23)/p-1. The van der Waals surface area contributed by atoms with E-state index in [1.807, 2.05) is 0 Å². The normalized spacial score (nSPS) is 10.3. The number of nitrogens with one attached hydrogen (secondary N) is 1. The summed E-state index contributed by atoms with van der Waals surface area (Å²) < 4.78 is 7.75. The second-order valence-electron chi connectivity index (χ2n) is 4.80. The van der Waals surface area contributed by atoms with Gasteiger partial charge < -0.3 is 20.0 Å². The molecule has 5 nitrogen and oxygen atoms in total. The molecule has 0 aliphatic rings. The molecule has 0 unspecified atom stereocenters. The third-order valence-corrected chi connectivity index (χ3v) is 4.77. The van der Waals surface area contributed by atoms with E-state index in [0.29, 0.717) is 25.9 Å². The van der Waals surface area contributed by atoms with E-state index in [1.54, 1.807) is 25.1 Å². The van der Waals surface area contributed by atoms with Gasteiger partial charge in [0.15, 0.2) is 6.61 Å². The van der Waals surface area contributed by atoms with Crippen LogP contribution < -0.4 is 15.2 Å². The van der Waals surface area contributed by atoms with Gasteiger partial charge in [0.25, 0.3) is 5.91 Å². The topological polar surface area (TPSA) is 78.5 Å². The highest BCUT2D eigenvalue weighted by Gasteiger charge is 2.12. The number of halogens is 3. The van der Waals surface area contributed by atoms with E-state index in [-0.39, 0.29) is 12.2 Å². The number of hydrogen-bond donors (Lipinski definition) is 1. The summed E-state index contributed by atoms with van der Waals surface area (Å²) in [4.78, 5) is 23.1. The van der Waals surface area contributed by atoms with Gasteiger partial charge in [-0.2, -0.15) is 0 Å². The molecule has 1 N–H and O–H groups in total. The number of amides is 1. The lowest BCUT2D eigenvalue weighted by atomic mass is 10.1. The molecule has 0 aliphatic carbocycles. The molecule has 2 aromatic carbocycles. The first-order valence-electron chi connectivity index (χ1n) is 6.67. The number of ether oxygens (including phenoxy) is 1. The molecule has 0 aromatic heterocycles. The average molecular weight is 521 g/mol. The van der Waals surface area contributed by atoms with Crippen LogP contribution in [0.25, 0.3) is 0 Å². The summed E-state index contributed by atoms with van der Waals surface area (Å²) >= 11 is 10.1. The highest BCUT2D eigenvalue weighted by atomic mass is 79.9. The molecule has 0 bridgehead atoms. The number of rotatable bonds is 5. The minimum atomic E-state index is -1.29. The molecule has 2 aromatic rings. The van der Waals surface area contributed by atoms with Gasteiger partial charge in [0.2, 0.25) is 0 Å². The third kappa shape index (κ3) is 4.58. The van der Waals surface area contributed by atoms with Crippen molar-refractivity contribution in [3.8, 4) is 5.75 Å². The minimum Gasteiger partial charge on any atom is -0.545 e. The number of anilines is 1. The van der Waals surface area contributed by atoms with Crippen LogP contribution in [0.2, 0.25) is 0 Å². The Morgan fingerprint density at radius 3 is 2.38 bits per heavy atom. The van der Waals surface area contributed by atoms with Crippen molar-refractivity contribution in [2.45, 2.75) is 6.92 Å². The molecule has 0 radical (unpaired) electrons. The Bertz CT molecular complexity index is 785. The Labute approximate surface area is 163 Å². The fourth-order valence-corrected chi connectivity index (χ4v) is 4.47. The number of carbonyl (C=O) groups excluding carboxylic acids is 2. The molecule has 0 saturated carbocycles. The monoisotopic (exact) mass is 518 g/mol. The smallest absolute Gasteiger partial charge is 0.262 e. The van der Waals surface area contributed by atoms with Crippen LogP contribution in [0.1, 0.15) is 15.9 Å². The van der Waals surface area contributed by atoms with Crippen LogP contribution in [0.15, 0.2) is 43.7 Å². The van der Waals surface area contributed by atoms with Crippen LogP contribution in [-0.2, 0) is 4.79 Å². The molecule has 2 rings (SSSR count). The van der Waals surface area contributed by atoms with E-state index in [9.17, 15) is 14.7 Å². The van der Waals surface area contributed by atoms with E-state index in [1.165, 1.54) is 12.1 Å². The van der Waals surface area contributed by atoms with E-state index >= 15 is 0 Å². The maximum absolute atomic E-state index is 12.1. The molecule has 126 valence electrons. The molecule has 1 amide bonds. The first-order valence-corrected chi connectivity index (χ1v) is 9.05. The van der Waals surface area contributed by atoms with Gasteiger partial charge in [0.1, 0.15) is 5.75 Å². The van der Waals surface area contributed by atoms with E-state index in [0.717, 1.165) is 4.47 Å². The van der Waals surface area contributed by atoms with Crippen molar-refractivity contribution >= 4 is 65.4 Å². The summed E-state index contributed by atoms with van der Waals surface area (Å²) in [5.74, 6) is -1.20. The summed E-state index contributed by atoms with van der Waals surface area (Å²) in [6, 6.07) is 8.17. The maximum atomic E-state index is 12.1. The quantitative estimate of drug-likeness (QED) is 0.652. The maximum Gasteiger partial charge on any atom is 0.262 e. The largest absolute Gasteiger partial charge is 0.545 e. The van der Waals surface area contributed by atoms with Gasteiger partial charge in [-0.15, -0.1) is 0 Å². The number of benzene rings is 2. The van der Waals surface area contributed by atoms with Crippen LogP contribution in [0.5, 0.6) is 5.75 Å². The number of carboxylic acid groups (broad SMARTS) is 1. The van der Waals surface area contributed by atoms with Crippen molar-refractivity contribution < 1.29 is 19.4 Å². The van der Waals surface area contributed by atoms with Crippen LogP contribution in [-0.4, -0.2) is 18.5 Å². The third-order valence-electron chi connectivity index (χ3n) is 3.14. The second kappa shape index (κ2) is 8.13. The highest BCUT2D eigenvalue weighted by Crippen LogP contribution is 2.36. The molecule has 0 aliphatic heterocycles. The zero-order valence-electron chi connectivity index (χ0n) is 12.4. The zero-order valence-corrected chi connectivity index (χ0v) is 17.1. The SMILES string of the molecule is Cc1c(NC(=O)COc2c(Br)cc(Br)cc2Br)cccc1C(=O)[O-]. The fraction of sp³-hybridized carbons (Fsp3) is 0.125. The van der Waals surface area contributed by atoms with Gasteiger partial charge in [-0.05, 0) is 62.5 Å². The van der Waals surface area contributed by atoms with E-state index in [4.69, 9.17) is 4.74 Å². The lowest BCUT2D eigenvalue weighted by Crippen LogP contribution is -2.25. The predicted octanol–water partition coefficient (Wildman–Crippen LogP) is 3.66. The van der Waals surface area contributed by atoms with Crippen LogP contribution in [0.3, 0.4) is 0 Å². The summed E-state index contributed by atoms with van der Waals surface area (Å²) in [5, 5.41) is 13.6.